The number of aromatic nitrogens is 1. The standard InChI is InChI=1S/C12H9Cl2NO3S/c1-8-2-4-10(5-3-8)19(17,18)15-7-9(13)6-11(14)12(15)16/h2-7H,1H3. The van der Waals surface area contributed by atoms with Gasteiger partial charge in [-0.15, -0.1) is 0 Å². The minimum atomic E-state index is -4.00. The van der Waals surface area contributed by atoms with E-state index in [0.717, 1.165) is 11.8 Å². The van der Waals surface area contributed by atoms with E-state index in [9.17, 15) is 13.2 Å². The van der Waals surface area contributed by atoms with Gasteiger partial charge in [0.2, 0.25) is 0 Å². The molecule has 1 aromatic heterocycles. The number of nitrogens with zero attached hydrogens (tertiary/aromatic N) is 1. The van der Waals surface area contributed by atoms with Gasteiger partial charge in [0.15, 0.2) is 0 Å². The van der Waals surface area contributed by atoms with Crippen molar-refractivity contribution in [3.63, 3.8) is 0 Å². The van der Waals surface area contributed by atoms with E-state index in [1.165, 1.54) is 18.2 Å². The Labute approximate surface area is 120 Å². The molecule has 0 aliphatic heterocycles. The molecule has 4 nitrogen and oxygen atoms in total. The summed E-state index contributed by atoms with van der Waals surface area (Å²) in [5.74, 6) is 0. The summed E-state index contributed by atoms with van der Waals surface area (Å²) in [5.41, 5.74) is 0.0852. The van der Waals surface area contributed by atoms with E-state index < -0.39 is 15.6 Å². The van der Waals surface area contributed by atoms with Crippen molar-refractivity contribution < 1.29 is 8.42 Å². The van der Waals surface area contributed by atoms with Crippen molar-refractivity contribution in [1.29, 1.82) is 0 Å². The molecule has 0 N–H and O–H groups in total. The Hall–Kier alpha value is -1.30. The normalized spacial score (nSPS) is 11.5. The molecule has 0 saturated heterocycles. The van der Waals surface area contributed by atoms with Gasteiger partial charge < -0.3 is 0 Å². The molecule has 1 aromatic carbocycles. The fraction of sp³-hybridized carbons (Fsp3) is 0.0833. The lowest BCUT2D eigenvalue weighted by molar-refractivity contribution is 0.585. The number of pyridine rings is 1. The average molecular weight is 318 g/mol. The van der Waals surface area contributed by atoms with E-state index in [-0.39, 0.29) is 14.9 Å². The summed E-state index contributed by atoms with van der Waals surface area (Å²) in [5, 5.41) is -0.177. The molecular formula is C12H9Cl2NO3S. The Morgan fingerprint density at radius 1 is 1.11 bits per heavy atom. The van der Waals surface area contributed by atoms with Crippen LogP contribution in [0, 0.1) is 6.92 Å². The van der Waals surface area contributed by atoms with Crippen LogP contribution in [0.3, 0.4) is 0 Å². The molecule has 0 atom stereocenters. The molecule has 7 heteroatoms. The van der Waals surface area contributed by atoms with Crippen LogP contribution < -0.4 is 5.56 Å². The van der Waals surface area contributed by atoms with Gasteiger partial charge in [-0.2, -0.15) is 0 Å². The number of halogens is 2. The third-order valence-electron chi connectivity index (χ3n) is 2.49. The first-order valence-corrected chi connectivity index (χ1v) is 7.42. The highest BCUT2D eigenvalue weighted by Gasteiger charge is 2.20. The van der Waals surface area contributed by atoms with Gasteiger partial charge in [-0.1, -0.05) is 40.9 Å². The molecular weight excluding hydrogens is 309 g/mol. The smallest absolute Gasteiger partial charge is 0.267 e. The van der Waals surface area contributed by atoms with Gasteiger partial charge in [0.25, 0.3) is 15.6 Å². The molecule has 0 fully saturated rings. The first-order valence-electron chi connectivity index (χ1n) is 5.22. The fourth-order valence-corrected chi connectivity index (χ4v) is 3.35. The fourth-order valence-electron chi connectivity index (χ4n) is 1.50. The van der Waals surface area contributed by atoms with Crippen LogP contribution in [-0.4, -0.2) is 12.4 Å². The van der Waals surface area contributed by atoms with Gasteiger partial charge in [-0.25, -0.2) is 12.4 Å². The molecule has 0 aliphatic carbocycles. The zero-order valence-corrected chi connectivity index (χ0v) is 12.1. The summed E-state index contributed by atoms with van der Waals surface area (Å²) in [6.07, 6.45) is 1.03. The maximum atomic E-state index is 12.3. The van der Waals surface area contributed by atoms with Crippen LogP contribution in [0.2, 0.25) is 10.0 Å². The van der Waals surface area contributed by atoms with Gasteiger partial charge in [-0.3, -0.25) is 4.79 Å². The van der Waals surface area contributed by atoms with E-state index in [0.29, 0.717) is 3.97 Å². The molecule has 2 aromatic rings. The topological polar surface area (TPSA) is 56.1 Å². The molecule has 0 amide bonds. The SMILES string of the molecule is Cc1ccc(S(=O)(=O)n2cc(Cl)cc(Cl)c2=O)cc1. The maximum Gasteiger partial charge on any atom is 0.283 e. The second-order valence-electron chi connectivity index (χ2n) is 3.93. The highest BCUT2D eigenvalue weighted by atomic mass is 35.5. The van der Waals surface area contributed by atoms with E-state index in [4.69, 9.17) is 23.2 Å². The first-order chi connectivity index (χ1) is 8.82. The molecule has 2 rings (SSSR count). The quantitative estimate of drug-likeness (QED) is 0.855. The third kappa shape index (κ3) is 2.68. The Bertz CT molecular complexity index is 780. The minimum Gasteiger partial charge on any atom is -0.267 e. The van der Waals surface area contributed by atoms with Crippen LogP contribution in [-0.2, 0) is 10.0 Å². The molecule has 0 unspecified atom stereocenters. The third-order valence-corrected chi connectivity index (χ3v) is 4.62. The second-order valence-corrected chi connectivity index (χ2v) is 6.58. The zero-order chi connectivity index (χ0) is 14.2. The summed E-state index contributed by atoms with van der Waals surface area (Å²) >= 11 is 11.4. The van der Waals surface area contributed by atoms with E-state index in [1.54, 1.807) is 12.1 Å². The Kier molecular flexibility index (Phi) is 3.71. The Morgan fingerprint density at radius 3 is 2.26 bits per heavy atom. The number of rotatable bonds is 2. The molecule has 0 radical (unpaired) electrons. The van der Waals surface area contributed by atoms with Crippen LogP contribution in [0.25, 0.3) is 0 Å². The molecule has 0 aliphatic rings. The number of hydrogen-bond acceptors (Lipinski definition) is 3. The largest absolute Gasteiger partial charge is 0.283 e. The second kappa shape index (κ2) is 5.00. The van der Waals surface area contributed by atoms with Gasteiger partial charge in [0, 0.05) is 6.20 Å². The lowest BCUT2D eigenvalue weighted by atomic mass is 10.2. The molecule has 0 spiro atoms. The zero-order valence-electron chi connectivity index (χ0n) is 9.80. The molecule has 19 heavy (non-hydrogen) atoms. The van der Waals surface area contributed by atoms with Crippen molar-refractivity contribution in [2.45, 2.75) is 11.8 Å². The van der Waals surface area contributed by atoms with Gasteiger partial charge >= 0.3 is 0 Å². The first kappa shape index (κ1) is 14.1. The molecule has 0 bridgehead atoms. The van der Waals surface area contributed by atoms with Crippen LogP contribution in [0.1, 0.15) is 5.56 Å². The van der Waals surface area contributed by atoms with Gasteiger partial charge in [0.1, 0.15) is 5.02 Å². The average Bonchev–Trinajstić information content (AvgIpc) is 2.34. The van der Waals surface area contributed by atoms with Crippen molar-refractivity contribution in [3.05, 3.63) is 62.5 Å². The van der Waals surface area contributed by atoms with Crippen molar-refractivity contribution in [2.75, 3.05) is 0 Å². The maximum absolute atomic E-state index is 12.3. The van der Waals surface area contributed by atoms with Crippen molar-refractivity contribution >= 4 is 33.2 Å². The Balaban J connectivity index is 2.70. The molecule has 100 valence electrons. The highest BCUT2D eigenvalue weighted by molar-refractivity contribution is 7.90. The molecule has 1 heterocycles. The van der Waals surface area contributed by atoms with Crippen LogP contribution in [0.15, 0.2) is 46.2 Å². The van der Waals surface area contributed by atoms with Crippen molar-refractivity contribution in [1.82, 2.24) is 3.97 Å². The van der Waals surface area contributed by atoms with Crippen molar-refractivity contribution in [2.24, 2.45) is 0 Å². The van der Waals surface area contributed by atoms with Crippen LogP contribution >= 0.6 is 23.2 Å². The lowest BCUT2D eigenvalue weighted by Crippen LogP contribution is -2.27. The van der Waals surface area contributed by atoms with Crippen LogP contribution in [0.4, 0.5) is 0 Å². The monoisotopic (exact) mass is 317 g/mol. The Morgan fingerprint density at radius 2 is 1.68 bits per heavy atom. The highest BCUT2D eigenvalue weighted by Crippen LogP contribution is 2.17. The lowest BCUT2D eigenvalue weighted by Gasteiger charge is -2.08. The summed E-state index contributed by atoms with van der Waals surface area (Å²) in [7, 11) is -4.00. The predicted octanol–water partition coefficient (Wildman–Crippen LogP) is 2.70. The number of hydrogen-bond donors (Lipinski definition) is 0. The molecule has 0 saturated carbocycles. The van der Waals surface area contributed by atoms with Crippen LogP contribution in [0.5, 0.6) is 0 Å². The predicted molar refractivity (Wildman–Crippen MR) is 74.5 cm³/mol. The minimum absolute atomic E-state index is 0.00136. The van der Waals surface area contributed by atoms with Gasteiger partial charge in [-0.05, 0) is 25.1 Å². The number of benzene rings is 1. The summed E-state index contributed by atoms with van der Waals surface area (Å²) in [4.78, 5) is 11.8. The van der Waals surface area contributed by atoms with Gasteiger partial charge in [0.05, 0.1) is 9.92 Å². The van der Waals surface area contributed by atoms with E-state index in [1.807, 2.05) is 6.92 Å². The van der Waals surface area contributed by atoms with E-state index in [2.05, 4.69) is 0 Å². The summed E-state index contributed by atoms with van der Waals surface area (Å²) in [6.45, 7) is 1.83. The van der Waals surface area contributed by atoms with E-state index >= 15 is 0 Å². The van der Waals surface area contributed by atoms with Crippen molar-refractivity contribution in [3.8, 4) is 0 Å². The summed E-state index contributed by atoms with van der Waals surface area (Å²) < 4.78 is 25.2. The number of aryl methyl sites for hydroxylation is 1. The summed E-state index contributed by atoms with van der Waals surface area (Å²) in [6, 6.07) is 7.33.